The van der Waals surface area contributed by atoms with Gasteiger partial charge in [-0.05, 0) is 0 Å². The van der Waals surface area contributed by atoms with E-state index >= 15 is 0 Å². The molecule has 0 heterocycles. The van der Waals surface area contributed by atoms with Gasteiger partial charge in [-0.15, -0.1) is 0 Å². The van der Waals surface area contributed by atoms with Gasteiger partial charge in [0.2, 0.25) is 0 Å². The topological polar surface area (TPSA) is 9.23 Å². The van der Waals surface area contributed by atoms with Crippen LogP contribution in [-0.4, -0.2) is 5.60 Å². The molecule has 0 N–H and O–H groups in total. The van der Waals surface area contributed by atoms with Crippen LogP contribution in [0.4, 0.5) is 0 Å². The molecule has 0 aromatic rings. The first kappa shape index (κ1) is 7.70. The molecule has 0 saturated heterocycles. The Kier molecular flexibility index (Phi) is 3.16. The summed E-state index contributed by atoms with van der Waals surface area (Å²) in [5.41, 5.74) is 0.133. The third-order valence-electron chi connectivity index (χ3n) is 1.10. The molecule has 0 spiro atoms. The maximum atomic E-state index is 5.20. The molecule has 1 nitrogen and oxygen atoms in total. The average Bonchev–Trinajstić information content (AvgIpc) is 1.68. The van der Waals surface area contributed by atoms with Gasteiger partial charge in [-0.1, -0.05) is 0 Å². The van der Waals surface area contributed by atoms with Gasteiger partial charge in [0.05, 0.1) is 0 Å². The van der Waals surface area contributed by atoms with Crippen LogP contribution in [0.15, 0.2) is 0 Å². The van der Waals surface area contributed by atoms with E-state index in [0.717, 1.165) is 27.9 Å². The van der Waals surface area contributed by atoms with Crippen molar-refractivity contribution in [2.75, 3.05) is 0 Å². The normalized spacial score (nSPS) is 11.9. The summed E-state index contributed by atoms with van der Waals surface area (Å²) in [6, 6.07) is 0. The van der Waals surface area contributed by atoms with Crippen LogP contribution in [0.5, 0.6) is 0 Å². The van der Waals surface area contributed by atoms with Crippen LogP contribution < -0.4 is 0 Å². The van der Waals surface area contributed by atoms with E-state index in [4.69, 9.17) is 3.24 Å². The van der Waals surface area contributed by atoms with Gasteiger partial charge < -0.3 is 0 Å². The van der Waals surface area contributed by atoms with Crippen molar-refractivity contribution in [1.82, 2.24) is 0 Å². The van der Waals surface area contributed by atoms with E-state index in [-0.39, 0.29) is 5.60 Å². The van der Waals surface area contributed by atoms with Crippen molar-refractivity contribution < 1.29 is 24.7 Å². The first-order valence-electron chi connectivity index (χ1n) is 2.45. The zero-order valence-electron chi connectivity index (χ0n) is 5.06. The molecule has 0 aromatic carbocycles. The van der Waals surface area contributed by atoms with Crippen molar-refractivity contribution >= 4 is 0 Å². The Balaban J connectivity index is 3.36. The van der Waals surface area contributed by atoms with Crippen molar-refractivity contribution in [3.8, 4) is 0 Å². The quantitative estimate of drug-likeness (QED) is 0.740. The van der Waals surface area contributed by atoms with Crippen LogP contribution in [0, 0.1) is 0 Å². The Morgan fingerprint density at radius 1 is 1.57 bits per heavy atom. The van der Waals surface area contributed by atoms with E-state index < -0.39 is 0 Å². The fourth-order valence-corrected chi connectivity index (χ4v) is 0.528. The molecule has 0 bridgehead atoms. The molecule has 0 aromatic heterocycles. The molecule has 0 unspecified atom stereocenters. The SMILES string of the molecule is CCC(C)(C)[O][Ta]. The van der Waals surface area contributed by atoms with Gasteiger partial charge in [0.15, 0.2) is 0 Å². The summed E-state index contributed by atoms with van der Waals surface area (Å²) in [6.45, 7) is 6.34. The summed E-state index contributed by atoms with van der Waals surface area (Å²) >= 11 is 1.03. The van der Waals surface area contributed by atoms with E-state index in [1.54, 1.807) is 0 Å². The molecule has 7 heavy (non-hydrogen) atoms. The Morgan fingerprint density at radius 2 is 2.00 bits per heavy atom. The van der Waals surface area contributed by atoms with E-state index in [1.165, 1.54) is 0 Å². The summed E-state index contributed by atoms with van der Waals surface area (Å²) in [7, 11) is 0. The van der Waals surface area contributed by atoms with Crippen LogP contribution >= 0.6 is 0 Å². The average molecular weight is 268 g/mol. The third-order valence-corrected chi connectivity index (χ3v) is 2.87. The van der Waals surface area contributed by atoms with E-state index in [0.29, 0.717) is 0 Å². The van der Waals surface area contributed by atoms with Crippen molar-refractivity contribution in [2.24, 2.45) is 0 Å². The van der Waals surface area contributed by atoms with E-state index in [1.807, 2.05) is 0 Å². The fraction of sp³-hybridized carbons (Fsp3) is 1.00. The zero-order valence-corrected chi connectivity index (χ0v) is 8.28. The predicted molar refractivity (Wildman–Crippen MR) is 25.5 cm³/mol. The second kappa shape index (κ2) is 2.88. The summed E-state index contributed by atoms with van der Waals surface area (Å²) in [4.78, 5) is 0. The molecule has 42 valence electrons. The minimum atomic E-state index is 0.133. The summed E-state index contributed by atoms with van der Waals surface area (Å²) in [5.74, 6) is 0. The van der Waals surface area contributed by atoms with Gasteiger partial charge in [0, 0.05) is 0 Å². The number of hydrogen-bond donors (Lipinski definition) is 0. The van der Waals surface area contributed by atoms with Crippen LogP contribution in [0.1, 0.15) is 27.2 Å². The molecule has 0 rings (SSSR count). The summed E-state index contributed by atoms with van der Waals surface area (Å²) in [5, 5.41) is 0. The van der Waals surface area contributed by atoms with Crippen molar-refractivity contribution in [1.29, 1.82) is 0 Å². The van der Waals surface area contributed by atoms with Crippen molar-refractivity contribution in [3.05, 3.63) is 0 Å². The predicted octanol–water partition coefficient (Wildman–Crippen LogP) is 1.65. The molecular formula is C5H11OTa. The molecule has 0 atom stereocenters. The van der Waals surface area contributed by atoms with Gasteiger partial charge in [0.1, 0.15) is 0 Å². The van der Waals surface area contributed by atoms with Crippen LogP contribution in [0.25, 0.3) is 0 Å². The first-order valence-corrected chi connectivity index (χ1v) is 3.76. The van der Waals surface area contributed by atoms with E-state index in [2.05, 4.69) is 20.8 Å². The number of rotatable bonds is 2. The van der Waals surface area contributed by atoms with Crippen LogP contribution in [-0.2, 0) is 24.7 Å². The Hall–Kier alpha value is 0.700. The summed E-state index contributed by atoms with van der Waals surface area (Å²) < 4.78 is 5.20. The fourth-order valence-electron chi connectivity index (χ4n) is 0.0645. The van der Waals surface area contributed by atoms with E-state index in [9.17, 15) is 0 Å². The van der Waals surface area contributed by atoms with Crippen LogP contribution in [0.3, 0.4) is 0 Å². The molecule has 0 saturated carbocycles. The minimum absolute atomic E-state index is 0.133. The maximum absolute atomic E-state index is 5.20. The van der Waals surface area contributed by atoms with Gasteiger partial charge >= 0.3 is 57.5 Å². The van der Waals surface area contributed by atoms with Gasteiger partial charge in [-0.25, -0.2) is 0 Å². The monoisotopic (exact) mass is 268 g/mol. The van der Waals surface area contributed by atoms with Gasteiger partial charge in [0.25, 0.3) is 0 Å². The zero-order chi connectivity index (χ0) is 5.91. The number of hydrogen-bond acceptors (Lipinski definition) is 1. The second-order valence-corrected chi connectivity index (χ2v) is 2.86. The molecule has 0 radical (unpaired) electrons. The molecular weight excluding hydrogens is 257 g/mol. The van der Waals surface area contributed by atoms with Gasteiger partial charge in [-0.2, -0.15) is 0 Å². The molecule has 0 aliphatic carbocycles. The molecule has 0 aliphatic heterocycles. The third kappa shape index (κ3) is 3.30. The molecule has 0 aliphatic rings. The molecule has 0 fully saturated rings. The standard InChI is InChI=1S/C5H11O.Ta/c1-4-5(2,3)6;/h4H2,1-3H3;/q-1;+1. The van der Waals surface area contributed by atoms with Gasteiger partial charge in [-0.3, -0.25) is 0 Å². The Bertz CT molecular complexity index is 46.0. The van der Waals surface area contributed by atoms with Crippen molar-refractivity contribution in [2.45, 2.75) is 32.8 Å². The van der Waals surface area contributed by atoms with Crippen molar-refractivity contribution in [3.63, 3.8) is 0 Å². The molecule has 0 amide bonds. The summed E-state index contributed by atoms with van der Waals surface area (Å²) in [6.07, 6.45) is 1.10. The Labute approximate surface area is 57.8 Å². The van der Waals surface area contributed by atoms with Crippen LogP contribution in [0.2, 0.25) is 0 Å². The first-order chi connectivity index (χ1) is 3.12. The second-order valence-electron chi connectivity index (χ2n) is 2.20. The Morgan fingerprint density at radius 3 is 2.00 bits per heavy atom. The molecule has 2 heteroatoms.